The second-order valence-corrected chi connectivity index (χ2v) is 4.83. The number of halogens is 1. The number of benzene rings is 1. The fraction of sp³-hybridized carbons (Fsp3) is 0.538. The smallest absolute Gasteiger partial charge is 0.0407 e. The molecule has 1 rings (SSSR count). The molecule has 0 atom stereocenters. The second kappa shape index (κ2) is 6.16. The van der Waals surface area contributed by atoms with E-state index in [9.17, 15) is 0 Å². The Kier molecular flexibility index (Phi) is 5.16. The van der Waals surface area contributed by atoms with Crippen molar-refractivity contribution in [2.45, 2.75) is 33.6 Å². The fourth-order valence-corrected chi connectivity index (χ4v) is 2.16. The van der Waals surface area contributed by atoms with Gasteiger partial charge in [-0.25, -0.2) is 0 Å². The number of hydrogen-bond acceptors (Lipinski definition) is 1. The summed E-state index contributed by atoms with van der Waals surface area (Å²) in [4.78, 5) is 2.47. The van der Waals surface area contributed by atoms with E-state index in [4.69, 9.17) is 0 Å². The van der Waals surface area contributed by atoms with Crippen LogP contribution in [0, 0.1) is 6.92 Å². The Bertz CT molecular complexity index is 303. The molecule has 0 aliphatic rings. The van der Waals surface area contributed by atoms with Crippen molar-refractivity contribution in [3.8, 4) is 0 Å². The number of anilines is 1. The van der Waals surface area contributed by atoms with Gasteiger partial charge in [-0.05, 0) is 37.5 Å². The normalized spacial score (nSPS) is 10.4. The summed E-state index contributed by atoms with van der Waals surface area (Å²) in [5.41, 5.74) is 2.73. The summed E-state index contributed by atoms with van der Waals surface area (Å²) in [6, 6.07) is 6.51. The van der Waals surface area contributed by atoms with Crippen molar-refractivity contribution >= 4 is 21.6 Å². The van der Waals surface area contributed by atoms with Crippen molar-refractivity contribution in [3.63, 3.8) is 0 Å². The minimum absolute atomic E-state index is 1.14. The molecule has 0 N–H and O–H groups in total. The number of hydrogen-bond donors (Lipinski definition) is 0. The lowest BCUT2D eigenvalue weighted by Crippen LogP contribution is -2.25. The molecule has 0 unspecified atom stereocenters. The summed E-state index contributed by atoms with van der Waals surface area (Å²) < 4.78 is 1.17. The van der Waals surface area contributed by atoms with Crippen molar-refractivity contribution < 1.29 is 0 Å². The van der Waals surface area contributed by atoms with Gasteiger partial charge in [-0.3, -0.25) is 0 Å². The molecule has 0 aliphatic heterocycles. The van der Waals surface area contributed by atoms with E-state index in [1.54, 1.807) is 0 Å². The first-order valence-corrected chi connectivity index (χ1v) is 6.49. The van der Waals surface area contributed by atoms with Crippen LogP contribution in [0.15, 0.2) is 22.7 Å². The van der Waals surface area contributed by atoms with Gasteiger partial charge in [-0.2, -0.15) is 0 Å². The molecule has 0 aliphatic carbocycles. The topological polar surface area (TPSA) is 3.24 Å². The molecule has 0 fully saturated rings. The average Bonchev–Trinajstić information content (AvgIpc) is 2.21. The highest BCUT2D eigenvalue weighted by Crippen LogP contribution is 2.24. The Balaban J connectivity index is 2.93. The van der Waals surface area contributed by atoms with Crippen molar-refractivity contribution in [1.82, 2.24) is 0 Å². The zero-order valence-corrected chi connectivity index (χ0v) is 11.5. The van der Waals surface area contributed by atoms with Crippen LogP contribution in [0.5, 0.6) is 0 Å². The maximum absolute atomic E-state index is 3.54. The van der Waals surface area contributed by atoms with E-state index in [-0.39, 0.29) is 0 Å². The highest BCUT2D eigenvalue weighted by Gasteiger charge is 2.07. The first-order chi connectivity index (χ1) is 7.19. The van der Waals surface area contributed by atoms with Gasteiger partial charge in [-0.15, -0.1) is 0 Å². The molecule has 1 nitrogen and oxygen atoms in total. The van der Waals surface area contributed by atoms with E-state index < -0.39 is 0 Å². The summed E-state index contributed by atoms with van der Waals surface area (Å²) in [5, 5.41) is 0. The summed E-state index contributed by atoms with van der Waals surface area (Å²) in [6.45, 7) is 8.93. The molecule has 15 heavy (non-hydrogen) atoms. The van der Waals surface area contributed by atoms with Gasteiger partial charge in [0.1, 0.15) is 0 Å². The molecule has 1 aromatic rings. The molecular formula is C13H20BrN. The van der Waals surface area contributed by atoms with E-state index >= 15 is 0 Å². The Hall–Kier alpha value is -0.500. The monoisotopic (exact) mass is 269 g/mol. The Labute approximate surface area is 102 Å². The van der Waals surface area contributed by atoms with Gasteiger partial charge in [0.05, 0.1) is 0 Å². The first-order valence-electron chi connectivity index (χ1n) is 5.70. The summed E-state index contributed by atoms with van der Waals surface area (Å²) in [6.07, 6.45) is 2.40. The maximum atomic E-state index is 3.54. The lowest BCUT2D eigenvalue weighted by molar-refractivity contribution is 0.742. The molecule has 0 saturated heterocycles. The summed E-state index contributed by atoms with van der Waals surface area (Å²) >= 11 is 3.54. The number of aryl methyl sites for hydroxylation is 1. The third kappa shape index (κ3) is 3.53. The van der Waals surface area contributed by atoms with E-state index in [2.05, 4.69) is 59.8 Å². The first kappa shape index (κ1) is 12.6. The molecule has 2 heteroatoms. The van der Waals surface area contributed by atoms with Crippen LogP contribution in [0.3, 0.4) is 0 Å². The van der Waals surface area contributed by atoms with E-state index in [0.29, 0.717) is 0 Å². The minimum Gasteiger partial charge on any atom is -0.371 e. The van der Waals surface area contributed by atoms with Gasteiger partial charge < -0.3 is 4.90 Å². The predicted molar refractivity (Wildman–Crippen MR) is 71.7 cm³/mol. The van der Waals surface area contributed by atoms with Crippen molar-refractivity contribution in [2.75, 3.05) is 18.0 Å². The third-order valence-electron chi connectivity index (χ3n) is 2.50. The maximum Gasteiger partial charge on any atom is 0.0407 e. The molecule has 84 valence electrons. The Morgan fingerprint density at radius 2 is 1.73 bits per heavy atom. The van der Waals surface area contributed by atoms with Gasteiger partial charge in [0, 0.05) is 23.2 Å². The summed E-state index contributed by atoms with van der Waals surface area (Å²) in [7, 11) is 0. The van der Waals surface area contributed by atoms with Gasteiger partial charge in [0.25, 0.3) is 0 Å². The van der Waals surface area contributed by atoms with Crippen LogP contribution in [-0.2, 0) is 0 Å². The van der Waals surface area contributed by atoms with Crippen LogP contribution in [0.4, 0.5) is 5.69 Å². The zero-order valence-electron chi connectivity index (χ0n) is 9.89. The van der Waals surface area contributed by atoms with Gasteiger partial charge in [-0.1, -0.05) is 35.8 Å². The third-order valence-corrected chi connectivity index (χ3v) is 2.99. The van der Waals surface area contributed by atoms with Gasteiger partial charge in [0.2, 0.25) is 0 Å². The van der Waals surface area contributed by atoms with Crippen molar-refractivity contribution in [2.24, 2.45) is 0 Å². The van der Waals surface area contributed by atoms with Crippen LogP contribution in [0.1, 0.15) is 32.3 Å². The highest BCUT2D eigenvalue weighted by atomic mass is 79.9. The van der Waals surface area contributed by atoms with Crippen molar-refractivity contribution in [1.29, 1.82) is 0 Å². The van der Waals surface area contributed by atoms with E-state index in [1.807, 2.05) is 0 Å². The number of rotatable bonds is 5. The molecule has 0 spiro atoms. The predicted octanol–water partition coefficient (Wildman–Crippen LogP) is 4.38. The van der Waals surface area contributed by atoms with Crippen LogP contribution >= 0.6 is 15.9 Å². The van der Waals surface area contributed by atoms with Crippen LogP contribution < -0.4 is 4.90 Å². The fourth-order valence-electron chi connectivity index (χ4n) is 1.82. The summed E-state index contributed by atoms with van der Waals surface area (Å²) in [5.74, 6) is 0. The van der Waals surface area contributed by atoms with Crippen LogP contribution in [0.2, 0.25) is 0 Å². The van der Waals surface area contributed by atoms with E-state index in [0.717, 1.165) is 13.1 Å². The molecule has 1 aromatic carbocycles. The lowest BCUT2D eigenvalue weighted by atomic mass is 10.1. The van der Waals surface area contributed by atoms with E-state index in [1.165, 1.54) is 28.6 Å². The molecule has 0 saturated carbocycles. The Morgan fingerprint density at radius 1 is 1.13 bits per heavy atom. The molecule has 0 radical (unpaired) electrons. The van der Waals surface area contributed by atoms with Gasteiger partial charge in [0.15, 0.2) is 0 Å². The molecule has 0 bridgehead atoms. The molecular weight excluding hydrogens is 250 g/mol. The number of nitrogens with zero attached hydrogens (tertiary/aromatic N) is 1. The lowest BCUT2D eigenvalue weighted by Gasteiger charge is -2.25. The second-order valence-electron chi connectivity index (χ2n) is 3.92. The molecule has 0 heterocycles. The zero-order chi connectivity index (χ0) is 11.3. The average molecular weight is 270 g/mol. The molecule has 0 aromatic heterocycles. The standard InChI is InChI=1S/C13H20BrN/c1-4-8-15(9-5-2)13-10-12(14)7-6-11(13)3/h6-7,10H,4-5,8-9H2,1-3H3. The highest BCUT2D eigenvalue weighted by molar-refractivity contribution is 9.10. The Morgan fingerprint density at radius 3 is 2.27 bits per heavy atom. The molecule has 0 amide bonds. The van der Waals surface area contributed by atoms with Gasteiger partial charge >= 0.3 is 0 Å². The minimum atomic E-state index is 1.14. The van der Waals surface area contributed by atoms with Crippen molar-refractivity contribution in [3.05, 3.63) is 28.2 Å². The largest absolute Gasteiger partial charge is 0.371 e. The quantitative estimate of drug-likeness (QED) is 0.767. The SMILES string of the molecule is CCCN(CCC)c1cc(Br)ccc1C. The van der Waals surface area contributed by atoms with Crippen LogP contribution in [-0.4, -0.2) is 13.1 Å². The van der Waals surface area contributed by atoms with Crippen LogP contribution in [0.25, 0.3) is 0 Å².